The fourth-order valence-corrected chi connectivity index (χ4v) is 4.41. The van der Waals surface area contributed by atoms with Gasteiger partial charge in [-0.25, -0.2) is 14.2 Å². The standard InChI is InChI=1S/C30H19F4NO2/c1-17-27(29(36)37)25-16-22(20-8-13-24(31)14-9-20)10-15-26(25)35-28(17)21-4-2-18(3-5-21)19-6-11-23(12-7-19)30(32,33)34/h2-16H,1H3,(H,36,37). The average Bonchev–Trinajstić information content (AvgIpc) is 2.88. The minimum atomic E-state index is -4.40. The minimum Gasteiger partial charge on any atom is -0.478 e. The maximum Gasteiger partial charge on any atom is 0.416 e. The highest BCUT2D eigenvalue weighted by atomic mass is 19.4. The number of benzene rings is 4. The number of pyridine rings is 1. The third-order valence-corrected chi connectivity index (χ3v) is 6.32. The maximum absolute atomic E-state index is 13.3. The van der Waals surface area contributed by atoms with Gasteiger partial charge in [0.25, 0.3) is 0 Å². The van der Waals surface area contributed by atoms with E-state index < -0.39 is 17.7 Å². The molecule has 5 rings (SSSR count). The van der Waals surface area contributed by atoms with Gasteiger partial charge >= 0.3 is 12.1 Å². The van der Waals surface area contributed by atoms with Gasteiger partial charge in [-0.15, -0.1) is 0 Å². The lowest BCUT2D eigenvalue weighted by Crippen LogP contribution is -2.05. The number of carbonyl (C=O) groups is 1. The molecule has 0 aliphatic rings. The topological polar surface area (TPSA) is 50.2 Å². The second-order valence-electron chi connectivity index (χ2n) is 8.66. The van der Waals surface area contributed by atoms with Gasteiger partial charge < -0.3 is 5.11 Å². The molecule has 0 amide bonds. The number of carboxylic acid groups (broad SMARTS) is 1. The molecule has 0 saturated carbocycles. The first-order chi connectivity index (χ1) is 17.6. The van der Waals surface area contributed by atoms with E-state index in [0.717, 1.165) is 28.8 Å². The molecule has 0 aliphatic carbocycles. The molecule has 0 fully saturated rings. The molecule has 37 heavy (non-hydrogen) atoms. The van der Waals surface area contributed by atoms with Crippen LogP contribution in [0.2, 0.25) is 0 Å². The van der Waals surface area contributed by atoms with Gasteiger partial charge in [0.05, 0.1) is 22.3 Å². The number of nitrogens with zero attached hydrogens (tertiary/aromatic N) is 1. The van der Waals surface area contributed by atoms with Crippen molar-refractivity contribution in [3.63, 3.8) is 0 Å². The smallest absolute Gasteiger partial charge is 0.416 e. The Kier molecular flexibility index (Phi) is 5.99. The van der Waals surface area contributed by atoms with Crippen LogP contribution in [0, 0.1) is 12.7 Å². The predicted molar refractivity (Wildman–Crippen MR) is 135 cm³/mol. The van der Waals surface area contributed by atoms with Crippen LogP contribution in [-0.2, 0) is 6.18 Å². The largest absolute Gasteiger partial charge is 0.478 e. The molecule has 1 heterocycles. The Morgan fingerprint density at radius 3 is 1.78 bits per heavy atom. The molecule has 184 valence electrons. The number of hydrogen-bond donors (Lipinski definition) is 1. The van der Waals surface area contributed by atoms with Crippen LogP contribution in [-0.4, -0.2) is 16.1 Å². The van der Waals surface area contributed by atoms with Crippen molar-refractivity contribution in [2.75, 3.05) is 0 Å². The van der Waals surface area contributed by atoms with Crippen LogP contribution in [0.3, 0.4) is 0 Å². The molecule has 0 unspecified atom stereocenters. The van der Waals surface area contributed by atoms with E-state index in [1.807, 2.05) is 0 Å². The molecular formula is C30H19F4NO2. The summed E-state index contributed by atoms with van der Waals surface area (Å²) in [4.78, 5) is 17.0. The summed E-state index contributed by atoms with van der Waals surface area (Å²) in [6.45, 7) is 1.69. The molecule has 0 aliphatic heterocycles. The second-order valence-corrected chi connectivity index (χ2v) is 8.66. The molecule has 5 aromatic rings. The number of aromatic nitrogens is 1. The number of halogens is 4. The van der Waals surface area contributed by atoms with Gasteiger partial charge in [0.1, 0.15) is 5.82 Å². The molecule has 0 bridgehead atoms. The summed E-state index contributed by atoms with van der Waals surface area (Å²) in [7, 11) is 0. The number of fused-ring (bicyclic) bond motifs is 1. The Balaban J connectivity index is 1.55. The summed E-state index contributed by atoms with van der Waals surface area (Å²) in [5.74, 6) is -1.45. The Hall–Kier alpha value is -4.52. The summed E-state index contributed by atoms with van der Waals surface area (Å²) >= 11 is 0. The first-order valence-electron chi connectivity index (χ1n) is 11.3. The Morgan fingerprint density at radius 2 is 1.22 bits per heavy atom. The van der Waals surface area contributed by atoms with E-state index in [1.165, 1.54) is 24.3 Å². The van der Waals surface area contributed by atoms with Crippen molar-refractivity contribution in [3.05, 3.63) is 114 Å². The third-order valence-electron chi connectivity index (χ3n) is 6.32. The molecule has 4 aromatic carbocycles. The van der Waals surface area contributed by atoms with Crippen LogP contribution in [0.15, 0.2) is 91.0 Å². The highest BCUT2D eigenvalue weighted by Crippen LogP contribution is 2.34. The fourth-order valence-electron chi connectivity index (χ4n) is 4.41. The van der Waals surface area contributed by atoms with E-state index >= 15 is 0 Å². The average molecular weight is 501 g/mol. The lowest BCUT2D eigenvalue weighted by molar-refractivity contribution is -0.137. The van der Waals surface area contributed by atoms with Gasteiger partial charge in [0.2, 0.25) is 0 Å². The fraction of sp³-hybridized carbons (Fsp3) is 0.0667. The van der Waals surface area contributed by atoms with Crippen molar-refractivity contribution in [1.29, 1.82) is 0 Å². The van der Waals surface area contributed by atoms with Crippen molar-refractivity contribution in [1.82, 2.24) is 4.98 Å². The lowest BCUT2D eigenvalue weighted by atomic mass is 9.94. The predicted octanol–water partition coefficient (Wildman–Crippen LogP) is 8.40. The van der Waals surface area contributed by atoms with Gasteiger partial charge in [-0.1, -0.05) is 54.6 Å². The molecule has 0 atom stereocenters. The summed E-state index contributed by atoms with van der Waals surface area (Å²) in [5.41, 5.74) is 4.40. The number of rotatable bonds is 4. The number of aromatic carboxylic acids is 1. The van der Waals surface area contributed by atoms with Crippen LogP contribution < -0.4 is 0 Å². The van der Waals surface area contributed by atoms with Crippen molar-refractivity contribution in [2.24, 2.45) is 0 Å². The van der Waals surface area contributed by atoms with Gasteiger partial charge in [-0.2, -0.15) is 13.2 Å². The lowest BCUT2D eigenvalue weighted by Gasteiger charge is -2.14. The van der Waals surface area contributed by atoms with E-state index in [4.69, 9.17) is 4.98 Å². The monoisotopic (exact) mass is 501 g/mol. The molecule has 1 N–H and O–H groups in total. The highest BCUT2D eigenvalue weighted by Gasteiger charge is 2.30. The summed E-state index contributed by atoms with van der Waals surface area (Å²) < 4.78 is 51.9. The molecule has 1 aromatic heterocycles. The number of carboxylic acids is 1. The van der Waals surface area contributed by atoms with E-state index in [9.17, 15) is 27.5 Å². The Morgan fingerprint density at radius 1 is 0.730 bits per heavy atom. The molecule has 0 radical (unpaired) electrons. The first kappa shape index (κ1) is 24.2. The van der Waals surface area contributed by atoms with Gasteiger partial charge in [0.15, 0.2) is 0 Å². The normalized spacial score (nSPS) is 11.6. The Labute approximate surface area is 209 Å². The Bertz CT molecular complexity index is 1620. The van der Waals surface area contributed by atoms with E-state index in [2.05, 4.69) is 0 Å². The van der Waals surface area contributed by atoms with Crippen LogP contribution in [0.5, 0.6) is 0 Å². The van der Waals surface area contributed by atoms with Crippen LogP contribution in [0.25, 0.3) is 44.4 Å². The minimum absolute atomic E-state index is 0.121. The maximum atomic E-state index is 13.3. The molecular weight excluding hydrogens is 482 g/mol. The van der Waals surface area contributed by atoms with Crippen molar-refractivity contribution < 1.29 is 27.5 Å². The van der Waals surface area contributed by atoms with Crippen molar-refractivity contribution in [3.8, 4) is 33.5 Å². The van der Waals surface area contributed by atoms with E-state index in [1.54, 1.807) is 61.5 Å². The zero-order valence-corrected chi connectivity index (χ0v) is 19.5. The zero-order chi connectivity index (χ0) is 26.3. The van der Waals surface area contributed by atoms with Gasteiger partial charge in [-0.3, -0.25) is 0 Å². The van der Waals surface area contributed by atoms with E-state index in [0.29, 0.717) is 33.3 Å². The third kappa shape index (κ3) is 4.68. The summed E-state index contributed by atoms with van der Waals surface area (Å²) in [5, 5.41) is 10.5. The molecule has 7 heteroatoms. The van der Waals surface area contributed by atoms with Crippen molar-refractivity contribution >= 4 is 16.9 Å². The van der Waals surface area contributed by atoms with Crippen molar-refractivity contribution in [2.45, 2.75) is 13.1 Å². The highest BCUT2D eigenvalue weighted by molar-refractivity contribution is 6.06. The SMILES string of the molecule is Cc1c(-c2ccc(-c3ccc(C(F)(F)F)cc3)cc2)nc2ccc(-c3ccc(F)cc3)cc2c1C(=O)O. The summed E-state index contributed by atoms with van der Waals surface area (Å²) in [6, 6.07) is 23.2. The van der Waals surface area contributed by atoms with Crippen LogP contribution >= 0.6 is 0 Å². The molecule has 0 saturated heterocycles. The van der Waals surface area contributed by atoms with Crippen LogP contribution in [0.1, 0.15) is 21.5 Å². The zero-order valence-electron chi connectivity index (χ0n) is 19.5. The summed E-state index contributed by atoms with van der Waals surface area (Å²) in [6.07, 6.45) is -4.40. The second kappa shape index (κ2) is 9.17. The number of alkyl halides is 3. The number of hydrogen-bond acceptors (Lipinski definition) is 2. The van der Waals surface area contributed by atoms with Crippen LogP contribution in [0.4, 0.5) is 17.6 Å². The van der Waals surface area contributed by atoms with Gasteiger partial charge in [0, 0.05) is 10.9 Å². The molecule has 3 nitrogen and oxygen atoms in total. The van der Waals surface area contributed by atoms with E-state index in [-0.39, 0.29) is 11.4 Å². The van der Waals surface area contributed by atoms with Gasteiger partial charge in [-0.05, 0) is 71.1 Å². The first-order valence-corrected chi connectivity index (χ1v) is 11.3. The molecule has 0 spiro atoms. The quantitative estimate of drug-likeness (QED) is 0.252.